The van der Waals surface area contributed by atoms with Crippen molar-refractivity contribution in [3.8, 4) is 0 Å². The molecule has 8 heteroatoms. The Balaban J connectivity index is 2.32. The maximum absolute atomic E-state index is 10.8. The third-order valence-electron chi connectivity index (χ3n) is 2.43. The first kappa shape index (κ1) is 15.5. The minimum atomic E-state index is -3.16. The summed E-state index contributed by atoms with van der Waals surface area (Å²) in [4.78, 5) is 10.4. The van der Waals surface area contributed by atoms with E-state index in [9.17, 15) is 18.5 Å². The second-order valence-corrected chi connectivity index (χ2v) is 5.89. The standard InChI is InChI=1S/C11H17N3O4S/c1-19(17,18)13-9-8-12-7-6-10-4-2-3-5-11(10)14(15)16/h2-5,12-13H,6-9H2,1H3. The molecule has 0 saturated carbocycles. The van der Waals surface area contributed by atoms with Gasteiger partial charge in [0, 0.05) is 24.7 Å². The Morgan fingerprint density at radius 2 is 1.89 bits per heavy atom. The van der Waals surface area contributed by atoms with Gasteiger partial charge < -0.3 is 5.32 Å². The van der Waals surface area contributed by atoms with Crippen molar-refractivity contribution in [3.05, 3.63) is 39.9 Å². The van der Waals surface area contributed by atoms with Crippen LogP contribution in [-0.4, -0.2) is 39.2 Å². The molecule has 19 heavy (non-hydrogen) atoms. The van der Waals surface area contributed by atoms with Crippen LogP contribution in [0.4, 0.5) is 5.69 Å². The van der Waals surface area contributed by atoms with Crippen molar-refractivity contribution in [3.63, 3.8) is 0 Å². The van der Waals surface area contributed by atoms with E-state index in [0.29, 0.717) is 31.6 Å². The van der Waals surface area contributed by atoms with E-state index in [4.69, 9.17) is 0 Å². The van der Waals surface area contributed by atoms with Gasteiger partial charge in [0.25, 0.3) is 5.69 Å². The number of nitrogens with one attached hydrogen (secondary N) is 2. The Morgan fingerprint density at radius 1 is 1.21 bits per heavy atom. The van der Waals surface area contributed by atoms with Gasteiger partial charge in [-0.2, -0.15) is 0 Å². The van der Waals surface area contributed by atoms with Gasteiger partial charge >= 0.3 is 0 Å². The summed E-state index contributed by atoms with van der Waals surface area (Å²) >= 11 is 0. The lowest BCUT2D eigenvalue weighted by molar-refractivity contribution is -0.385. The van der Waals surface area contributed by atoms with Gasteiger partial charge in [0.15, 0.2) is 0 Å². The van der Waals surface area contributed by atoms with Crippen molar-refractivity contribution in [1.82, 2.24) is 10.0 Å². The molecule has 0 atom stereocenters. The number of nitro benzene ring substituents is 1. The summed E-state index contributed by atoms with van der Waals surface area (Å²) in [6, 6.07) is 6.58. The van der Waals surface area contributed by atoms with E-state index in [0.717, 1.165) is 6.26 Å². The average Bonchev–Trinajstić information content (AvgIpc) is 2.32. The van der Waals surface area contributed by atoms with Crippen LogP contribution in [0.2, 0.25) is 0 Å². The fourth-order valence-electron chi connectivity index (χ4n) is 1.57. The van der Waals surface area contributed by atoms with E-state index in [-0.39, 0.29) is 5.69 Å². The smallest absolute Gasteiger partial charge is 0.272 e. The number of rotatable bonds is 8. The minimum absolute atomic E-state index is 0.110. The number of para-hydroxylation sites is 1. The van der Waals surface area contributed by atoms with Crippen LogP contribution >= 0.6 is 0 Å². The molecule has 0 fully saturated rings. The molecule has 0 aliphatic carbocycles. The van der Waals surface area contributed by atoms with Gasteiger partial charge in [-0.05, 0) is 13.0 Å². The Kier molecular flexibility index (Phi) is 5.87. The van der Waals surface area contributed by atoms with Crippen LogP contribution < -0.4 is 10.0 Å². The van der Waals surface area contributed by atoms with Crippen molar-refractivity contribution in [1.29, 1.82) is 0 Å². The van der Waals surface area contributed by atoms with Gasteiger partial charge in [0.05, 0.1) is 11.2 Å². The van der Waals surface area contributed by atoms with Gasteiger partial charge in [0.2, 0.25) is 10.0 Å². The number of benzene rings is 1. The third kappa shape index (κ3) is 6.27. The highest BCUT2D eigenvalue weighted by atomic mass is 32.2. The number of nitrogens with zero attached hydrogens (tertiary/aromatic N) is 1. The van der Waals surface area contributed by atoms with Crippen LogP contribution in [0.3, 0.4) is 0 Å². The summed E-state index contributed by atoms with van der Waals surface area (Å²) in [7, 11) is -3.16. The first-order valence-corrected chi connectivity index (χ1v) is 7.67. The molecule has 106 valence electrons. The molecule has 7 nitrogen and oxygen atoms in total. The van der Waals surface area contributed by atoms with Gasteiger partial charge in [-0.25, -0.2) is 13.1 Å². The maximum atomic E-state index is 10.8. The van der Waals surface area contributed by atoms with E-state index in [1.54, 1.807) is 18.2 Å². The fraction of sp³-hybridized carbons (Fsp3) is 0.455. The monoisotopic (exact) mass is 287 g/mol. The predicted octanol–water partition coefficient (Wildman–Crippen LogP) is 0.276. The first-order valence-electron chi connectivity index (χ1n) is 5.78. The summed E-state index contributed by atoms with van der Waals surface area (Å²) in [5.74, 6) is 0. The molecule has 0 aromatic heterocycles. The topological polar surface area (TPSA) is 101 Å². The SMILES string of the molecule is CS(=O)(=O)NCCNCCc1ccccc1[N+](=O)[O-]. The summed E-state index contributed by atoms with van der Waals surface area (Å²) < 4.78 is 23.9. The molecule has 0 unspecified atom stereocenters. The maximum Gasteiger partial charge on any atom is 0.272 e. The third-order valence-corrected chi connectivity index (χ3v) is 3.15. The predicted molar refractivity (Wildman–Crippen MR) is 72.5 cm³/mol. The molecule has 0 aliphatic rings. The molecule has 1 rings (SSSR count). The molecule has 2 N–H and O–H groups in total. The lowest BCUT2D eigenvalue weighted by Crippen LogP contribution is -2.31. The highest BCUT2D eigenvalue weighted by molar-refractivity contribution is 7.88. The normalized spacial score (nSPS) is 11.4. The van der Waals surface area contributed by atoms with Crippen LogP contribution in [0.25, 0.3) is 0 Å². The Bertz CT molecular complexity index is 530. The second-order valence-electron chi connectivity index (χ2n) is 4.05. The summed E-state index contributed by atoms with van der Waals surface area (Å²) in [5, 5.41) is 13.8. The number of sulfonamides is 1. The van der Waals surface area contributed by atoms with Gasteiger partial charge in [-0.15, -0.1) is 0 Å². The highest BCUT2D eigenvalue weighted by Gasteiger charge is 2.11. The van der Waals surface area contributed by atoms with Crippen LogP contribution in [0.15, 0.2) is 24.3 Å². The van der Waals surface area contributed by atoms with Crippen molar-refractivity contribution < 1.29 is 13.3 Å². The highest BCUT2D eigenvalue weighted by Crippen LogP contribution is 2.17. The summed E-state index contributed by atoms with van der Waals surface area (Å²) in [6.07, 6.45) is 1.62. The number of nitro groups is 1. The Labute approximate surface area is 112 Å². The molecule has 0 amide bonds. The van der Waals surface area contributed by atoms with Crippen LogP contribution in [-0.2, 0) is 16.4 Å². The lowest BCUT2D eigenvalue weighted by Gasteiger charge is -2.06. The molecule has 1 aromatic rings. The fourth-order valence-corrected chi connectivity index (χ4v) is 2.05. The zero-order chi connectivity index (χ0) is 14.3. The quantitative estimate of drug-likeness (QED) is 0.406. The lowest BCUT2D eigenvalue weighted by atomic mass is 10.1. The van der Waals surface area contributed by atoms with Crippen molar-refractivity contribution in [2.45, 2.75) is 6.42 Å². The van der Waals surface area contributed by atoms with Gasteiger partial charge in [-0.1, -0.05) is 18.2 Å². The van der Waals surface area contributed by atoms with E-state index >= 15 is 0 Å². The second kappa shape index (κ2) is 7.17. The van der Waals surface area contributed by atoms with Crippen LogP contribution in [0.1, 0.15) is 5.56 Å². The molecule has 0 radical (unpaired) electrons. The van der Waals surface area contributed by atoms with Gasteiger partial charge in [-0.3, -0.25) is 10.1 Å². The summed E-state index contributed by atoms with van der Waals surface area (Å²) in [6.45, 7) is 1.33. The molecular weight excluding hydrogens is 270 g/mol. The zero-order valence-corrected chi connectivity index (χ0v) is 11.4. The number of hydrogen-bond acceptors (Lipinski definition) is 5. The molecule has 0 spiro atoms. The molecule has 0 saturated heterocycles. The molecule has 0 aliphatic heterocycles. The van der Waals surface area contributed by atoms with E-state index in [1.165, 1.54) is 6.07 Å². The minimum Gasteiger partial charge on any atom is -0.315 e. The molecule has 1 aromatic carbocycles. The van der Waals surface area contributed by atoms with Crippen molar-refractivity contribution in [2.24, 2.45) is 0 Å². The molecular formula is C11H17N3O4S. The Morgan fingerprint density at radius 3 is 2.53 bits per heavy atom. The van der Waals surface area contributed by atoms with Gasteiger partial charge in [0.1, 0.15) is 0 Å². The van der Waals surface area contributed by atoms with E-state index < -0.39 is 14.9 Å². The van der Waals surface area contributed by atoms with Crippen LogP contribution in [0.5, 0.6) is 0 Å². The van der Waals surface area contributed by atoms with Crippen LogP contribution in [0, 0.1) is 10.1 Å². The summed E-state index contributed by atoms with van der Waals surface area (Å²) in [5.41, 5.74) is 0.773. The van der Waals surface area contributed by atoms with E-state index in [1.807, 2.05) is 0 Å². The molecule has 0 bridgehead atoms. The molecule has 0 heterocycles. The average molecular weight is 287 g/mol. The largest absolute Gasteiger partial charge is 0.315 e. The van der Waals surface area contributed by atoms with E-state index in [2.05, 4.69) is 10.0 Å². The Hall–Kier alpha value is -1.51. The first-order chi connectivity index (χ1) is 8.90. The zero-order valence-electron chi connectivity index (χ0n) is 10.6. The number of hydrogen-bond donors (Lipinski definition) is 2. The van der Waals surface area contributed by atoms with Crippen molar-refractivity contribution >= 4 is 15.7 Å². The van der Waals surface area contributed by atoms with Crippen molar-refractivity contribution in [2.75, 3.05) is 25.9 Å².